The fourth-order valence-corrected chi connectivity index (χ4v) is 1.83. The van der Waals surface area contributed by atoms with Gasteiger partial charge in [0, 0.05) is 12.4 Å². The first kappa shape index (κ1) is 11.6. The number of halogens is 1. The summed E-state index contributed by atoms with van der Waals surface area (Å²) in [6.45, 7) is 1.94. The van der Waals surface area contributed by atoms with Gasteiger partial charge >= 0.3 is 0 Å². The lowest BCUT2D eigenvalue weighted by Crippen LogP contribution is -2.10. The largest absolute Gasteiger partial charge is 0.361 e. The molecule has 3 heterocycles. The zero-order valence-electron chi connectivity index (χ0n) is 10.3. The highest BCUT2D eigenvalue weighted by Gasteiger charge is 2.08. The average molecular weight is 257 g/mol. The first-order valence-electron chi connectivity index (χ1n) is 5.91. The second kappa shape index (κ2) is 4.64. The normalized spacial score (nSPS) is 12.5. The molecule has 1 N–H and O–H groups in total. The van der Waals surface area contributed by atoms with Crippen molar-refractivity contribution in [2.24, 2.45) is 0 Å². The quantitative estimate of drug-likeness (QED) is 0.783. The van der Waals surface area contributed by atoms with Crippen LogP contribution in [0.3, 0.4) is 0 Å². The van der Waals surface area contributed by atoms with Gasteiger partial charge in [0.25, 0.3) is 0 Å². The van der Waals surface area contributed by atoms with Crippen molar-refractivity contribution < 1.29 is 4.39 Å². The monoisotopic (exact) mass is 257 g/mol. The number of aromatic nitrogens is 4. The number of pyridine rings is 1. The number of rotatable bonds is 3. The number of hydrogen-bond acceptors (Lipinski definition) is 4. The summed E-state index contributed by atoms with van der Waals surface area (Å²) in [6, 6.07) is 6.71. The maximum Gasteiger partial charge on any atom is 0.153 e. The predicted molar refractivity (Wildman–Crippen MR) is 69.2 cm³/mol. The third kappa shape index (κ3) is 2.37. The lowest BCUT2D eigenvalue weighted by atomic mass is 10.2. The summed E-state index contributed by atoms with van der Waals surface area (Å²) in [5.41, 5.74) is 1.55. The molecule has 0 fully saturated rings. The van der Waals surface area contributed by atoms with Gasteiger partial charge in [0.1, 0.15) is 11.6 Å². The molecule has 0 saturated heterocycles. The highest BCUT2D eigenvalue weighted by atomic mass is 19.1. The van der Waals surface area contributed by atoms with E-state index < -0.39 is 0 Å². The van der Waals surface area contributed by atoms with Crippen molar-refractivity contribution in [2.45, 2.75) is 13.0 Å². The van der Waals surface area contributed by atoms with E-state index in [4.69, 9.17) is 0 Å². The fourth-order valence-electron chi connectivity index (χ4n) is 1.83. The molecule has 19 heavy (non-hydrogen) atoms. The van der Waals surface area contributed by atoms with Crippen molar-refractivity contribution in [2.75, 3.05) is 5.32 Å². The van der Waals surface area contributed by atoms with Crippen LogP contribution in [-0.2, 0) is 0 Å². The molecule has 0 unspecified atom stereocenters. The molecule has 3 aromatic heterocycles. The number of anilines is 1. The Hall–Kier alpha value is -2.50. The molecule has 0 saturated carbocycles. The van der Waals surface area contributed by atoms with Gasteiger partial charge in [-0.3, -0.25) is 4.98 Å². The minimum atomic E-state index is -0.339. The first-order valence-corrected chi connectivity index (χ1v) is 5.91. The molecule has 0 spiro atoms. The molecule has 5 nitrogen and oxygen atoms in total. The summed E-state index contributed by atoms with van der Waals surface area (Å²) in [5, 5.41) is 7.57. The van der Waals surface area contributed by atoms with Gasteiger partial charge in [-0.15, -0.1) is 5.10 Å². The predicted octanol–water partition coefficient (Wildman–Crippen LogP) is 2.44. The molecule has 0 aliphatic rings. The Balaban J connectivity index is 1.81. The first-order chi connectivity index (χ1) is 9.22. The minimum Gasteiger partial charge on any atom is -0.361 e. The van der Waals surface area contributed by atoms with E-state index in [0.717, 1.165) is 11.3 Å². The van der Waals surface area contributed by atoms with Gasteiger partial charge in [0.15, 0.2) is 5.65 Å². The zero-order chi connectivity index (χ0) is 13.2. The van der Waals surface area contributed by atoms with Gasteiger partial charge in [0.2, 0.25) is 0 Å². The van der Waals surface area contributed by atoms with Crippen molar-refractivity contribution in [1.82, 2.24) is 19.6 Å². The third-order valence-corrected chi connectivity index (χ3v) is 2.81. The summed E-state index contributed by atoms with van der Waals surface area (Å²) in [7, 11) is 0. The fraction of sp³-hybridized carbons (Fsp3) is 0.154. The summed E-state index contributed by atoms with van der Waals surface area (Å²) >= 11 is 0. The van der Waals surface area contributed by atoms with Gasteiger partial charge in [0.05, 0.1) is 17.9 Å². The molecule has 1 atom stereocenters. The molecule has 96 valence electrons. The Morgan fingerprint density at radius 2 is 2.11 bits per heavy atom. The minimum absolute atomic E-state index is 0.0610. The van der Waals surface area contributed by atoms with Crippen LogP contribution in [-0.4, -0.2) is 19.6 Å². The second-order valence-corrected chi connectivity index (χ2v) is 4.22. The highest BCUT2D eigenvalue weighted by Crippen LogP contribution is 2.16. The van der Waals surface area contributed by atoms with Crippen LogP contribution >= 0.6 is 0 Å². The van der Waals surface area contributed by atoms with E-state index in [1.54, 1.807) is 23.0 Å². The van der Waals surface area contributed by atoms with Gasteiger partial charge < -0.3 is 5.32 Å². The Morgan fingerprint density at radius 3 is 2.89 bits per heavy atom. The molecule has 0 aromatic carbocycles. The van der Waals surface area contributed by atoms with Crippen molar-refractivity contribution in [3.8, 4) is 0 Å². The molecule has 0 bridgehead atoms. The molecule has 0 amide bonds. The van der Waals surface area contributed by atoms with Crippen LogP contribution < -0.4 is 5.32 Å². The van der Waals surface area contributed by atoms with Crippen molar-refractivity contribution in [3.63, 3.8) is 0 Å². The van der Waals surface area contributed by atoms with E-state index in [0.29, 0.717) is 5.82 Å². The van der Waals surface area contributed by atoms with E-state index >= 15 is 0 Å². The number of fused-ring (bicyclic) bond motifs is 1. The van der Waals surface area contributed by atoms with E-state index in [1.165, 1.54) is 12.3 Å². The van der Waals surface area contributed by atoms with Gasteiger partial charge in [-0.05, 0) is 31.2 Å². The number of imidazole rings is 1. The smallest absolute Gasteiger partial charge is 0.153 e. The lowest BCUT2D eigenvalue weighted by molar-refractivity contribution is 0.617. The van der Waals surface area contributed by atoms with Crippen LogP contribution in [0.25, 0.3) is 5.65 Å². The van der Waals surface area contributed by atoms with Crippen molar-refractivity contribution in [1.29, 1.82) is 0 Å². The topological polar surface area (TPSA) is 55.1 Å². The van der Waals surface area contributed by atoms with E-state index in [2.05, 4.69) is 20.4 Å². The molecular weight excluding hydrogens is 245 g/mol. The summed E-state index contributed by atoms with van der Waals surface area (Å²) in [4.78, 5) is 8.17. The Kier molecular flexibility index (Phi) is 2.83. The van der Waals surface area contributed by atoms with E-state index in [-0.39, 0.29) is 11.9 Å². The van der Waals surface area contributed by atoms with Crippen molar-refractivity contribution >= 4 is 11.5 Å². The van der Waals surface area contributed by atoms with Gasteiger partial charge in [-0.2, -0.15) is 0 Å². The number of nitrogens with zero attached hydrogens (tertiary/aromatic N) is 4. The summed E-state index contributed by atoms with van der Waals surface area (Å²) in [5.74, 6) is 0.373. The molecule has 0 aliphatic carbocycles. The Labute approximate surface area is 109 Å². The molecule has 0 radical (unpaired) electrons. The van der Waals surface area contributed by atoms with Gasteiger partial charge in [-0.25, -0.2) is 13.9 Å². The van der Waals surface area contributed by atoms with Gasteiger partial charge in [-0.1, -0.05) is 0 Å². The Morgan fingerprint density at radius 1 is 1.21 bits per heavy atom. The highest BCUT2D eigenvalue weighted by molar-refractivity contribution is 5.44. The number of hydrogen-bond donors (Lipinski definition) is 1. The second-order valence-electron chi connectivity index (χ2n) is 4.22. The van der Waals surface area contributed by atoms with Crippen LogP contribution in [0.4, 0.5) is 10.2 Å². The molecule has 6 heteroatoms. The molecule has 3 rings (SSSR count). The number of nitrogens with one attached hydrogen (secondary N) is 1. The SMILES string of the molecule is C[C@H](Nc1ccc2nccn2n1)c1ccc(F)cn1. The van der Waals surface area contributed by atoms with Crippen LogP contribution in [0.2, 0.25) is 0 Å². The van der Waals surface area contributed by atoms with Crippen LogP contribution in [0, 0.1) is 5.82 Å². The van der Waals surface area contributed by atoms with Crippen LogP contribution in [0.5, 0.6) is 0 Å². The standard InChI is InChI=1S/C13H12FN5/c1-9(11-3-2-10(14)8-16-11)17-12-4-5-13-15-6-7-19(13)18-12/h2-9H,1H3,(H,17,18)/t9-/m0/s1. The summed E-state index contributed by atoms with van der Waals surface area (Å²) in [6.07, 6.45) is 4.68. The lowest BCUT2D eigenvalue weighted by Gasteiger charge is -2.13. The molecule has 0 aliphatic heterocycles. The maximum absolute atomic E-state index is 12.8. The zero-order valence-corrected chi connectivity index (χ0v) is 10.3. The maximum atomic E-state index is 12.8. The molecular formula is C13H12FN5. The third-order valence-electron chi connectivity index (χ3n) is 2.81. The van der Waals surface area contributed by atoms with Crippen LogP contribution in [0.1, 0.15) is 18.7 Å². The summed E-state index contributed by atoms with van der Waals surface area (Å²) < 4.78 is 14.5. The van der Waals surface area contributed by atoms with E-state index in [9.17, 15) is 4.39 Å². The van der Waals surface area contributed by atoms with E-state index in [1.807, 2.05) is 19.1 Å². The average Bonchev–Trinajstić information content (AvgIpc) is 2.87. The molecule has 3 aromatic rings. The van der Waals surface area contributed by atoms with Crippen molar-refractivity contribution in [3.05, 3.63) is 54.4 Å². The van der Waals surface area contributed by atoms with Crippen LogP contribution in [0.15, 0.2) is 42.9 Å². The Bertz CT molecular complexity index is 692.